The second kappa shape index (κ2) is 5.71. The normalized spacial score (nSPS) is 12.4. The zero-order valence-electron chi connectivity index (χ0n) is 11.3. The van der Waals surface area contributed by atoms with E-state index in [1.807, 2.05) is 30.3 Å². The van der Waals surface area contributed by atoms with Crippen LogP contribution in [0.5, 0.6) is 5.75 Å². The van der Waals surface area contributed by atoms with Gasteiger partial charge in [0, 0.05) is 13.3 Å². The minimum Gasteiger partial charge on any atom is -0.493 e. The van der Waals surface area contributed by atoms with Crippen molar-refractivity contribution < 1.29 is 9.30 Å². The molecule has 0 saturated heterocycles. The van der Waals surface area contributed by atoms with Gasteiger partial charge in [0.05, 0.1) is 13.7 Å². The quantitative estimate of drug-likeness (QED) is 0.741. The maximum Gasteiger partial charge on any atom is 0.253 e. The van der Waals surface area contributed by atoms with Crippen LogP contribution in [0.15, 0.2) is 42.7 Å². The molecule has 1 unspecified atom stereocenters. The smallest absolute Gasteiger partial charge is 0.253 e. The predicted octanol–water partition coefficient (Wildman–Crippen LogP) is 2.65. The van der Waals surface area contributed by atoms with Gasteiger partial charge < -0.3 is 4.74 Å². The molecule has 1 aromatic heterocycles. The Balaban J connectivity index is 1.85. The van der Waals surface area contributed by atoms with E-state index >= 15 is 0 Å². The zero-order valence-corrected chi connectivity index (χ0v) is 11.3. The van der Waals surface area contributed by atoms with Crippen LogP contribution in [0.2, 0.25) is 0 Å². The molecule has 0 aliphatic heterocycles. The Morgan fingerprint density at radius 3 is 2.61 bits per heavy atom. The summed E-state index contributed by atoms with van der Waals surface area (Å²) in [5, 5.41) is 0. The highest BCUT2D eigenvalue weighted by molar-refractivity contribution is 5.20. The lowest BCUT2D eigenvalue weighted by Gasteiger charge is -2.11. The molecule has 3 nitrogen and oxygen atoms in total. The van der Waals surface area contributed by atoms with Crippen LogP contribution in [0.3, 0.4) is 0 Å². The average molecular weight is 245 g/mol. The van der Waals surface area contributed by atoms with Crippen molar-refractivity contribution in [2.75, 3.05) is 6.61 Å². The molecule has 2 aromatic rings. The molecule has 3 heteroatoms. The van der Waals surface area contributed by atoms with Crippen molar-refractivity contribution >= 4 is 0 Å². The first kappa shape index (κ1) is 12.7. The Kier molecular flexibility index (Phi) is 4.03. The molecule has 1 heterocycles. The Bertz CT molecular complexity index is 490. The van der Waals surface area contributed by atoms with Gasteiger partial charge in [0.15, 0.2) is 0 Å². The van der Waals surface area contributed by atoms with Crippen molar-refractivity contribution in [3.8, 4) is 5.75 Å². The molecule has 0 N–H and O–H groups in total. The molecule has 0 spiro atoms. The van der Waals surface area contributed by atoms with Crippen molar-refractivity contribution in [3.05, 3.63) is 48.5 Å². The summed E-state index contributed by atoms with van der Waals surface area (Å²) in [6, 6.07) is 10.4. The molecule has 0 fully saturated rings. The molecule has 0 amide bonds. The van der Waals surface area contributed by atoms with Gasteiger partial charge in [0.25, 0.3) is 5.82 Å². The van der Waals surface area contributed by atoms with Gasteiger partial charge in [-0.05, 0) is 19.1 Å². The van der Waals surface area contributed by atoms with E-state index in [2.05, 4.69) is 42.4 Å². The molecule has 18 heavy (non-hydrogen) atoms. The first-order valence-electron chi connectivity index (χ1n) is 6.39. The number of aryl methyl sites for hydroxylation is 1. The van der Waals surface area contributed by atoms with Gasteiger partial charge in [-0.1, -0.05) is 18.2 Å². The predicted molar refractivity (Wildman–Crippen MR) is 71.6 cm³/mol. The minimum absolute atomic E-state index is 0.454. The number of imidazole rings is 1. The molecular weight excluding hydrogens is 224 g/mol. The molecule has 96 valence electrons. The summed E-state index contributed by atoms with van der Waals surface area (Å²) in [7, 11) is 2.07. The van der Waals surface area contributed by atoms with Crippen molar-refractivity contribution in [1.29, 1.82) is 0 Å². The fraction of sp³-hybridized carbons (Fsp3) is 0.400. The van der Waals surface area contributed by atoms with Gasteiger partial charge in [-0.3, -0.25) is 0 Å². The van der Waals surface area contributed by atoms with Gasteiger partial charge >= 0.3 is 0 Å². The van der Waals surface area contributed by atoms with Gasteiger partial charge in [0.2, 0.25) is 0 Å². The summed E-state index contributed by atoms with van der Waals surface area (Å²) in [5.41, 5.74) is 0. The molecule has 0 bridgehead atoms. The molecule has 0 aliphatic carbocycles. The lowest BCUT2D eigenvalue weighted by atomic mass is 10.2. The highest BCUT2D eigenvalue weighted by atomic mass is 16.5. The summed E-state index contributed by atoms with van der Waals surface area (Å²) in [5.74, 6) is 2.21. The largest absolute Gasteiger partial charge is 0.493 e. The number of hydrogen-bond donors (Lipinski definition) is 0. The number of aromatic nitrogens is 2. The van der Waals surface area contributed by atoms with Crippen LogP contribution in [0.4, 0.5) is 0 Å². The fourth-order valence-corrected chi connectivity index (χ4v) is 2.04. The van der Waals surface area contributed by atoms with E-state index in [9.17, 15) is 0 Å². The van der Waals surface area contributed by atoms with Gasteiger partial charge in [-0.25, -0.2) is 9.13 Å². The Labute approximate surface area is 109 Å². The summed E-state index contributed by atoms with van der Waals surface area (Å²) >= 11 is 0. The van der Waals surface area contributed by atoms with Crippen LogP contribution in [-0.2, 0) is 7.05 Å². The summed E-state index contributed by atoms with van der Waals surface area (Å²) in [6.45, 7) is 5.10. The minimum atomic E-state index is 0.454. The first-order chi connectivity index (χ1) is 8.68. The average Bonchev–Trinajstić information content (AvgIpc) is 2.71. The Morgan fingerprint density at radius 2 is 2.00 bits per heavy atom. The molecule has 0 radical (unpaired) electrons. The van der Waals surface area contributed by atoms with E-state index in [4.69, 9.17) is 4.74 Å². The molecule has 2 rings (SSSR count). The van der Waals surface area contributed by atoms with Crippen LogP contribution in [0.25, 0.3) is 0 Å². The molecule has 0 saturated carbocycles. The number of benzene rings is 1. The summed E-state index contributed by atoms with van der Waals surface area (Å²) < 4.78 is 10.1. The lowest BCUT2D eigenvalue weighted by Crippen LogP contribution is -2.30. The van der Waals surface area contributed by atoms with Crippen LogP contribution >= 0.6 is 0 Å². The zero-order chi connectivity index (χ0) is 13.0. The number of ether oxygens (including phenoxy) is 1. The first-order valence-corrected chi connectivity index (χ1v) is 6.39. The summed E-state index contributed by atoms with van der Waals surface area (Å²) in [4.78, 5) is 0. The fourth-order valence-electron chi connectivity index (χ4n) is 2.04. The molecule has 0 aliphatic rings. The number of nitrogens with zero attached hydrogens (tertiary/aromatic N) is 2. The van der Waals surface area contributed by atoms with Crippen molar-refractivity contribution in [3.63, 3.8) is 0 Å². The molecule has 1 aromatic carbocycles. The third-order valence-corrected chi connectivity index (χ3v) is 3.36. The molecular formula is C15H21N2O+. The number of rotatable bonds is 5. The van der Waals surface area contributed by atoms with E-state index in [-0.39, 0.29) is 0 Å². The van der Waals surface area contributed by atoms with E-state index in [0.29, 0.717) is 6.04 Å². The maximum absolute atomic E-state index is 5.72. The highest BCUT2D eigenvalue weighted by Crippen LogP contribution is 2.14. The van der Waals surface area contributed by atoms with Crippen molar-refractivity contribution in [2.45, 2.75) is 26.3 Å². The van der Waals surface area contributed by atoms with Crippen LogP contribution < -0.4 is 9.30 Å². The van der Waals surface area contributed by atoms with Gasteiger partial charge in [-0.2, -0.15) is 0 Å². The van der Waals surface area contributed by atoms with Gasteiger partial charge in [-0.15, -0.1) is 0 Å². The SMILES string of the molecule is Cc1n(C(C)CCOc2ccccc2)cc[n+]1C. The standard InChI is InChI=1S/C15H21N2O/c1-13(17-11-10-16(3)14(17)2)9-12-18-15-7-5-4-6-8-15/h4-8,10-11,13H,9,12H2,1-3H3/q+1. The topological polar surface area (TPSA) is 18.0 Å². The van der Waals surface area contributed by atoms with Crippen molar-refractivity contribution in [2.24, 2.45) is 7.05 Å². The third kappa shape index (κ3) is 2.92. The van der Waals surface area contributed by atoms with Crippen LogP contribution in [0, 0.1) is 6.92 Å². The van der Waals surface area contributed by atoms with E-state index in [1.165, 1.54) is 5.82 Å². The maximum atomic E-state index is 5.72. The van der Waals surface area contributed by atoms with Crippen LogP contribution in [-0.4, -0.2) is 11.2 Å². The highest BCUT2D eigenvalue weighted by Gasteiger charge is 2.15. The van der Waals surface area contributed by atoms with E-state index in [0.717, 1.165) is 18.8 Å². The van der Waals surface area contributed by atoms with E-state index < -0.39 is 0 Å². The summed E-state index contributed by atoms with van der Waals surface area (Å²) in [6.07, 6.45) is 5.22. The second-order valence-electron chi connectivity index (χ2n) is 4.66. The Morgan fingerprint density at radius 1 is 1.28 bits per heavy atom. The van der Waals surface area contributed by atoms with Gasteiger partial charge in [0.1, 0.15) is 24.2 Å². The lowest BCUT2D eigenvalue weighted by molar-refractivity contribution is -0.677. The second-order valence-corrected chi connectivity index (χ2v) is 4.66. The number of para-hydroxylation sites is 1. The van der Waals surface area contributed by atoms with Crippen LogP contribution in [0.1, 0.15) is 25.2 Å². The third-order valence-electron chi connectivity index (χ3n) is 3.36. The Hall–Kier alpha value is -1.77. The monoisotopic (exact) mass is 245 g/mol. The van der Waals surface area contributed by atoms with Crippen molar-refractivity contribution in [1.82, 2.24) is 4.57 Å². The molecule has 1 atom stereocenters. The number of hydrogen-bond acceptors (Lipinski definition) is 1. The van der Waals surface area contributed by atoms with E-state index in [1.54, 1.807) is 0 Å².